The lowest BCUT2D eigenvalue weighted by Crippen LogP contribution is -2.15. The summed E-state index contributed by atoms with van der Waals surface area (Å²) in [5, 5.41) is 15.6. The number of hydrogen-bond donors (Lipinski definition) is 3. The van der Waals surface area contributed by atoms with Gasteiger partial charge in [-0.15, -0.1) is 5.10 Å². The number of nitrogens with one attached hydrogen (secondary N) is 2. The van der Waals surface area contributed by atoms with E-state index in [1.807, 2.05) is 19.1 Å². The highest BCUT2D eigenvalue weighted by molar-refractivity contribution is 6.02. The average molecular weight is 339 g/mol. The number of rotatable bonds is 6. The lowest BCUT2D eigenvalue weighted by molar-refractivity contribution is 0.102. The minimum Gasteiger partial charge on any atom is -0.493 e. The Hall–Kier alpha value is -3.49. The predicted octanol–water partition coefficient (Wildman–Crippen LogP) is 1.88. The van der Waals surface area contributed by atoms with Crippen LogP contribution in [0, 0.1) is 0 Å². The van der Waals surface area contributed by atoms with Gasteiger partial charge in [0.2, 0.25) is 0 Å². The van der Waals surface area contributed by atoms with Crippen molar-refractivity contribution >= 4 is 17.5 Å². The van der Waals surface area contributed by atoms with Gasteiger partial charge in [0.25, 0.3) is 11.9 Å². The molecule has 4 N–H and O–H groups in total. The third kappa shape index (κ3) is 4.08. The highest BCUT2D eigenvalue weighted by atomic mass is 16.5. The molecular formula is C16H17N7O2. The fourth-order valence-corrected chi connectivity index (χ4v) is 2.11. The Balaban J connectivity index is 1.94. The fraction of sp³-hybridized carbons (Fsp3) is 0.188. The van der Waals surface area contributed by atoms with E-state index < -0.39 is 5.91 Å². The van der Waals surface area contributed by atoms with Gasteiger partial charge in [-0.1, -0.05) is 24.2 Å². The van der Waals surface area contributed by atoms with Crippen molar-refractivity contribution in [2.24, 2.45) is 0 Å². The zero-order valence-corrected chi connectivity index (χ0v) is 13.6. The molecule has 3 rings (SSSR count). The average Bonchev–Trinajstić information content (AvgIpc) is 3.13. The smallest absolute Gasteiger partial charge is 0.276 e. The molecule has 128 valence electrons. The molecule has 0 aliphatic heterocycles. The van der Waals surface area contributed by atoms with Crippen LogP contribution in [0.1, 0.15) is 23.8 Å². The number of aromatic amines is 1. The first-order valence-corrected chi connectivity index (χ1v) is 7.71. The Morgan fingerprint density at radius 3 is 2.76 bits per heavy atom. The van der Waals surface area contributed by atoms with E-state index in [0.29, 0.717) is 23.7 Å². The van der Waals surface area contributed by atoms with Crippen LogP contribution in [-0.2, 0) is 0 Å². The Labute approximate surface area is 143 Å². The van der Waals surface area contributed by atoms with Gasteiger partial charge in [0.05, 0.1) is 12.3 Å². The molecule has 0 bridgehead atoms. The molecule has 0 saturated carbocycles. The summed E-state index contributed by atoms with van der Waals surface area (Å²) < 4.78 is 5.67. The van der Waals surface area contributed by atoms with Crippen LogP contribution in [0.4, 0.5) is 11.6 Å². The van der Waals surface area contributed by atoms with Crippen molar-refractivity contribution in [2.75, 3.05) is 17.7 Å². The number of anilines is 2. The number of carbonyl (C=O) groups excluding carboxylic acids is 1. The first kappa shape index (κ1) is 16.4. The second-order valence-corrected chi connectivity index (χ2v) is 5.23. The number of ether oxygens (including phenoxy) is 1. The SMILES string of the molecule is CCCOc1cc(C(=O)Nc2nn[nH]n2)nc(-c2ccc(N)cc2)c1. The van der Waals surface area contributed by atoms with Gasteiger partial charge in [0, 0.05) is 23.4 Å². The lowest BCUT2D eigenvalue weighted by Gasteiger charge is -2.10. The van der Waals surface area contributed by atoms with Crippen LogP contribution in [0.5, 0.6) is 5.75 Å². The molecule has 3 aromatic rings. The minimum absolute atomic E-state index is 0.0701. The van der Waals surface area contributed by atoms with Gasteiger partial charge in [-0.05, 0) is 23.8 Å². The maximum atomic E-state index is 12.4. The molecule has 9 nitrogen and oxygen atoms in total. The standard InChI is InChI=1S/C16H17N7O2/c1-2-7-25-12-8-13(10-3-5-11(17)6-4-10)18-14(9-12)15(24)19-16-20-22-23-21-16/h3-6,8-9H,2,7,17H2,1H3,(H2,19,20,21,22,23,24). The summed E-state index contributed by atoms with van der Waals surface area (Å²) in [5.74, 6) is 0.169. The Morgan fingerprint density at radius 2 is 2.08 bits per heavy atom. The minimum atomic E-state index is -0.458. The number of carbonyl (C=O) groups is 1. The molecule has 25 heavy (non-hydrogen) atoms. The first-order valence-electron chi connectivity index (χ1n) is 7.71. The second kappa shape index (κ2) is 7.39. The van der Waals surface area contributed by atoms with Gasteiger partial charge in [0.15, 0.2) is 0 Å². The van der Waals surface area contributed by atoms with Gasteiger partial charge in [-0.25, -0.2) is 4.98 Å². The molecule has 2 heterocycles. The number of aromatic nitrogens is 5. The van der Waals surface area contributed by atoms with E-state index in [1.54, 1.807) is 24.3 Å². The summed E-state index contributed by atoms with van der Waals surface area (Å²) in [6.45, 7) is 2.54. The number of tetrazole rings is 1. The molecule has 1 aromatic carbocycles. The first-order chi connectivity index (χ1) is 12.2. The summed E-state index contributed by atoms with van der Waals surface area (Å²) in [6, 6.07) is 10.6. The van der Waals surface area contributed by atoms with Gasteiger partial charge in [0.1, 0.15) is 11.4 Å². The van der Waals surface area contributed by atoms with Crippen molar-refractivity contribution in [1.29, 1.82) is 0 Å². The summed E-state index contributed by atoms with van der Waals surface area (Å²) in [6.07, 6.45) is 0.851. The zero-order chi connectivity index (χ0) is 17.6. The third-order valence-electron chi connectivity index (χ3n) is 3.28. The molecule has 0 fully saturated rings. The Kier molecular flexibility index (Phi) is 4.84. The van der Waals surface area contributed by atoms with Gasteiger partial charge in [-0.3, -0.25) is 10.1 Å². The summed E-state index contributed by atoms with van der Waals surface area (Å²) in [7, 11) is 0. The zero-order valence-electron chi connectivity index (χ0n) is 13.6. The Morgan fingerprint density at radius 1 is 1.28 bits per heavy atom. The van der Waals surface area contributed by atoms with E-state index in [0.717, 1.165) is 12.0 Å². The van der Waals surface area contributed by atoms with E-state index in [-0.39, 0.29) is 11.6 Å². The molecule has 0 radical (unpaired) electrons. The van der Waals surface area contributed by atoms with E-state index in [2.05, 4.69) is 30.9 Å². The quantitative estimate of drug-likeness (QED) is 0.584. The lowest BCUT2D eigenvalue weighted by atomic mass is 10.1. The molecule has 2 aromatic heterocycles. The Bertz CT molecular complexity index is 847. The van der Waals surface area contributed by atoms with Crippen LogP contribution in [0.2, 0.25) is 0 Å². The largest absolute Gasteiger partial charge is 0.493 e. The van der Waals surface area contributed by atoms with Crippen molar-refractivity contribution in [3.05, 3.63) is 42.1 Å². The predicted molar refractivity (Wildman–Crippen MR) is 92.0 cm³/mol. The van der Waals surface area contributed by atoms with Crippen LogP contribution < -0.4 is 15.8 Å². The van der Waals surface area contributed by atoms with Crippen LogP contribution in [0.3, 0.4) is 0 Å². The van der Waals surface area contributed by atoms with Gasteiger partial charge >= 0.3 is 0 Å². The van der Waals surface area contributed by atoms with Crippen LogP contribution in [0.15, 0.2) is 36.4 Å². The molecule has 1 amide bonds. The van der Waals surface area contributed by atoms with Crippen LogP contribution in [0.25, 0.3) is 11.3 Å². The van der Waals surface area contributed by atoms with E-state index in [4.69, 9.17) is 10.5 Å². The number of benzene rings is 1. The van der Waals surface area contributed by atoms with Gasteiger partial charge in [-0.2, -0.15) is 5.21 Å². The second-order valence-electron chi connectivity index (χ2n) is 5.23. The van der Waals surface area contributed by atoms with E-state index >= 15 is 0 Å². The number of H-pyrrole nitrogens is 1. The highest BCUT2D eigenvalue weighted by Crippen LogP contribution is 2.24. The van der Waals surface area contributed by atoms with Crippen molar-refractivity contribution in [2.45, 2.75) is 13.3 Å². The molecule has 0 aliphatic rings. The van der Waals surface area contributed by atoms with Gasteiger partial charge < -0.3 is 10.5 Å². The molecule has 0 unspecified atom stereocenters. The maximum absolute atomic E-state index is 12.4. The normalized spacial score (nSPS) is 10.4. The van der Waals surface area contributed by atoms with Crippen LogP contribution in [-0.4, -0.2) is 38.1 Å². The van der Waals surface area contributed by atoms with Crippen molar-refractivity contribution in [3.8, 4) is 17.0 Å². The molecule has 0 spiro atoms. The number of nitrogens with zero attached hydrogens (tertiary/aromatic N) is 4. The summed E-state index contributed by atoms with van der Waals surface area (Å²) in [4.78, 5) is 16.8. The molecule has 0 aliphatic carbocycles. The summed E-state index contributed by atoms with van der Waals surface area (Å²) >= 11 is 0. The summed E-state index contributed by atoms with van der Waals surface area (Å²) in [5.41, 5.74) is 7.99. The van der Waals surface area contributed by atoms with Crippen molar-refractivity contribution in [3.63, 3.8) is 0 Å². The number of nitrogens with two attached hydrogens (primary N) is 1. The highest BCUT2D eigenvalue weighted by Gasteiger charge is 2.14. The van der Waals surface area contributed by atoms with Crippen LogP contribution >= 0.6 is 0 Å². The molecule has 0 saturated heterocycles. The monoisotopic (exact) mass is 339 g/mol. The number of pyridine rings is 1. The maximum Gasteiger partial charge on any atom is 0.276 e. The number of hydrogen-bond acceptors (Lipinski definition) is 7. The molecular weight excluding hydrogens is 322 g/mol. The molecule has 9 heteroatoms. The molecule has 0 atom stereocenters. The van der Waals surface area contributed by atoms with Crippen molar-refractivity contribution < 1.29 is 9.53 Å². The fourth-order valence-electron chi connectivity index (χ4n) is 2.11. The number of amides is 1. The van der Waals surface area contributed by atoms with E-state index in [9.17, 15) is 4.79 Å². The topological polar surface area (TPSA) is 132 Å². The number of nitrogen functional groups attached to an aromatic ring is 1. The van der Waals surface area contributed by atoms with E-state index in [1.165, 1.54) is 0 Å². The third-order valence-corrected chi connectivity index (χ3v) is 3.28. The van der Waals surface area contributed by atoms with Crippen molar-refractivity contribution in [1.82, 2.24) is 25.6 Å².